The van der Waals surface area contributed by atoms with Crippen molar-refractivity contribution in [3.05, 3.63) is 30.4 Å². The van der Waals surface area contributed by atoms with E-state index in [4.69, 9.17) is 0 Å². The van der Waals surface area contributed by atoms with Crippen molar-refractivity contribution >= 4 is 5.57 Å². The second-order valence-corrected chi connectivity index (χ2v) is 3.10. The molecule has 1 N–H and O–H groups in total. The summed E-state index contributed by atoms with van der Waals surface area (Å²) in [4.78, 5) is 4.02. The lowest BCUT2D eigenvalue weighted by Crippen LogP contribution is -1.84. The van der Waals surface area contributed by atoms with Gasteiger partial charge < -0.3 is 0 Å². The zero-order chi connectivity index (χ0) is 9.68. The van der Waals surface area contributed by atoms with E-state index in [9.17, 15) is 0 Å². The van der Waals surface area contributed by atoms with Crippen molar-refractivity contribution in [2.24, 2.45) is 0 Å². The lowest BCUT2D eigenvalue weighted by atomic mass is 10.1. The zero-order valence-electron chi connectivity index (χ0n) is 8.17. The molecule has 0 aliphatic carbocycles. The molecule has 0 unspecified atom stereocenters. The standard InChI is InChI=1S/C10H15N3/c1-4-5-8(2)6-9(3)10-11-7-12-13-10/h6-7H,3-5H2,1-2H3,(H,11,12,13)/b8-6+. The van der Waals surface area contributed by atoms with Crippen molar-refractivity contribution in [3.8, 4) is 0 Å². The minimum atomic E-state index is 0.746. The van der Waals surface area contributed by atoms with E-state index < -0.39 is 0 Å². The molecule has 13 heavy (non-hydrogen) atoms. The van der Waals surface area contributed by atoms with Crippen LogP contribution in [-0.2, 0) is 0 Å². The number of nitrogens with one attached hydrogen (secondary N) is 1. The molecule has 1 heterocycles. The number of nitrogens with zero attached hydrogens (tertiary/aromatic N) is 2. The van der Waals surface area contributed by atoms with Gasteiger partial charge in [0, 0.05) is 5.57 Å². The van der Waals surface area contributed by atoms with Crippen LogP contribution in [0.4, 0.5) is 0 Å². The van der Waals surface area contributed by atoms with Gasteiger partial charge in [0.05, 0.1) is 0 Å². The van der Waals surface area contributed by atoms with Crippen LogP contribution in [-0.4, -0.2) is 15.2 Å². The number of aromatic amines is 1. The lowest BCUT2D eigenvalue weighted by molar-refractivity contribution is 0.906. The Hall–Kier alpha value is -1.38. The Labute approximate surface area is 78.6 Å². The summed E-state index contributed by atoms with van der Waals surface area (Å²) in [6.07, 6.45) is 5.80. The van der Waals surface area contributed by atoms with Gasteiger partial charge in [0.25, 0.3) is 0 Å². The molecule has 0 bridgehead atoms. The summed E-state index contributed by atoms with van der Waals surface area (Å²) in [5.74, 6) is 0.746. The SMILES string of the molecule is C=C(/C=C(\C)CCC)c1ncn[nH]1. The normalized spacial score (nSPS) is 11.7. The van der Waals surface area contributed by atoms with E-state index in [2.05, 4.69) is 35.6 Å². The largest absolute Gasteiger partial charge is 0.259 e. The highest BCUT2D eigenvalue weighted by Gasteiger charge is 1.98. The zero-order valence-corrected chi connectivity index (χ0v) is 8.17. The molecule has 1 aromatic heterocycles. The molecule has 3 nitrogen and oxygen atoms in total. The highest BCUT2D eigenvalue weighted by Crippen LogP contribution is 2.12. The van der Waals surface area contributed by atoms with Gasteiger partial charge in [0.2, 0.25) is 0 Å². The molecule has 0 aliphatic rings. The monoisotopic (exact) mass is 177 g/mol. The van der Waals surface area contributed by atoms with Gasteiger partial charge in [-0.15, -0.1) is 0 Å². The fraction of sp³-hybridized carbons (Fsp3) is 0.400. The van der Waals surface area contributed by atoms with E-state index >= 15 is 0 Å². The van der Waals surface area contributed by atoms with Gasteiger partial charge in [0.15, 0.2) is 5.82 Å². The molecule has 0 fully saturated rings. The van der Waals surface area contributed by atoms with Crippen LogP contribution in [0.5, 0.6) is 0 Å². The average Bonchev–Trinajstić information content (AvgIpc) is 2.55. The summed E-state index contributed by atoms with van der Waals surface area (Å²) in [6, 6.07) is 0. The molecule has 0 aliphatic heterocycles. The van der Waals surface area contributed by atoms with Gasteiger partial charge in [0.1, 0.15) is 6.33 Å². The van der Waals surface area contributed by atoms with Crippen LogP contribution in [0.15, 0.2) is 24.6 Å². The first-order valence-electron chi connectivity index (χ1n) is 4.46. The van der Waals surface area contributed by atoms with E-state index in [1.165, 1.54) is 11.9 Å². The van der Waals surface area contributed by atoms with E-state index in [1.807, 2.05) is 6.08 Å². The van der Waals surface area contributed by atoms with Crippen LogP contribution in [0, 0.1) is 0 Å². The summed E-state index contributed by atoms with van der Waals surface area (Å²) in [7, 11) is 0. The second kappa shape index (κ2) is 4.60. The third-order valence-corrected chi connectivity index (χ3v) is 1.78. The van der Waals surface area contributed by atoms with Crippen molar-refractivity contribution in [1.82, 2.24) is 15.2 Å². The quantitative estimate of drug-likeness (QED) is 0.718. The van der Waals surface area contributed by atoms with Gasteiger partial charge in [-0.2, -0.15) is 5.10 Å². The van der Waals surface area contributed by atoms with Gasteiger partial charge in [-0.25, -0.2) is 4.98 Å². The smallest absolute Gasteiger partial charge is 0.154 e. The van der Waals surface area contributed by atoms with Crippen LogP contribution in [0.3, 0.4) is 0 Å². The maximum atomic E-state index is 4.02. The molecule has 0 atom stereocenters. The van der Waals surface area contributed by atoms with Crippen LogP contribution in [0.1, 0.15) is 32.5 Å². The van der Waals surface area contributed by atoms with Crippen molar-refractivity contribution in [2.75, 3.05) is 0 Å². The summed E-state index contributed by atoms with van der Waals surface area (Å²) in [5, 5.41) is 6.55. The Kier molecular flexibility index (Phi) is 3.43. The third-order valence-electron chi connectivity index (χ3n) is 1.78. The fourth-order valence-electron chi connectivity index (χ4n) is 1.19. The molecule has 0 aromatic carbocycles. The summed E-state index contributed by atoms with van der Waals surface area (Å²) in [6.45, 7) is 8.17. The Morgan fingerprint density at radius 1 is 1.69 bits per heavy atom. The third kappa shape index (κ3) is 2.86. The van der Waals surface area contributed by atoms with Crippen molar-refractivity contribution < 1.29 is 0 Å². The van der Waals surface area contributed by atoms with Crippen LogP contribution in [0.2, 0.25) is 0 Å². The van der Waals surface area contributed by atoms with E-state index in [-0.39, 0.29) is 0 Å². The first-order chi connectivity index (χ1) is 6.24. The molecular formula is C10H15N3. The number of rotatable bonds is 4. The summed E-state index contributed by atoms with van der Waals surface area (Å²) >= 11 is 0. The number of H-pyrrole nitrogens is 1. The van der Waals surface area contributed by atoms with Crippen LogP contribution >= 0.6 is 0 Å². The number of allylic oxidation sites excluding steroid dienone is 3. The number of hydrogen-bond donors (Lipinski definition) is 1. The van der Waals surface area contributed by atoms with E-state index in [0.29, 0.717) is 0 Å². The molecule has 0 radical (unpaired) electrons. The lowest BCUT2D eigenvalue weighted by Gasteiger charge is -1.98. The predicted molar refractivity (Wildman–Crippen MR) is 54.1 cm³/mol. The van der Waals surface area contributed by atoms with Gasteiger partial charge in [-0.3, -0.25) is 5.10 Å². The van der Waals surface area contributed by atoms with Gasteiger partial charge in [-0.1, -0.05) is 31.6 Å². The summed E-state index contributed by atoms with van der Waals surface area (Å²) in [5.41, 5.74) is 2.22. The number of hydrogen-bond acceptors (Lipinski definition) is 2. The van der Waals surface area contributed by atoms with Gasteiger partial charge >= 0.3 is 0 Å². The maximum Gasteiger partial charge on any atom is 0.154 e. The molecule has 0 amide bonds. The predicted octanol–water partition coefficient (Wildman–Crippen LogP) is 2.56. The van der Waals surface area contributed by atoms with Crippen molar-refractivity contribution in [3.63, 3.8) is 0 Å². The Bertz CT molecular complexity index is 296. The van der Waals surface area contributed by atoms with Gasteiger partial charge in [-0.05, 0) is 13.3 Å². The van der Waals surface area contributed by atoms with E-state index in [1.54, 1.807) is 0 Å². The highest BCUT2D eigenvalue weighted by atomic mass is 15.2. The van der Waals surface area contributed by atoms with Crippen LogP contribution < -0.4 is 0 Å². The molecule has 1 aromatic rings. The second-order valence-electron chi connectivity index (χ2n) is 3.10. The first kappa shape index (κ1) is 9.71. The first-order valence-corrected chi connectivity index (χ1v) is 4.46. The Morgan fingerprint density at radius 2 is 2.46 bits per heavy atom. The minimum Gasteiger partial charge on any atom is -0.259 e. The minimum absolute atomic E-state index is 0.746. The maximum absolute atomic E-state index is 4.02. The molecule has 3 heteroatoms. The van der Waals surface area contributed by atoms with Crippen molar-refractivity contribution in [1.29, 1.82) is 0 Å². The topological polar surface area (TPSA) is 41.6 Å². The molecule has 0 saturated carbocycles. The molecule has 70 valence electrons. The molecular weight excluding hydrogens is 162 g/mol. The molecule has 1 rings (SSSR count). The highest BCUT2D eigenvalue weighted by molar-refractivity contribution is 5.67. The Morgan fingerprint density at radius 3 is 3.00 bits per heavy atom. The van der Waals surface area contributed by atoms with Crippen LogP contribution in [0.25, 0.3) is 5.57 Å². The average molecular weight is 177 g/mol. The number of aromatic nitrogens is 3. The van der Waals surface area contributed by atoms with E-state index in [0.717, 1.165) is 24.2 Å². The summed E-state index contributed by atoms with van der Waals surface area (Å²) < 4.78 is 0. The molecule has 0 spiro atoms. The fourth-order valence-corrected chi connectivity index (χ4v) is 1.19. The molecule has 0 saturated heterocycles. The Balaban J connectivity index is 2.65. The van der Waals surface area contributed by atoms with Crippen molar-refractivity contribution in [2.45, 2.75) is 26.7 Å².